The molecule has 0 bridgehead atoms. The molecule has 1 amide bonds. The van der Waals surface area contributed by atoms with Crippen LogP contribution in [0.25, 0.3) is 0 Å². The molecule has 0 aromatic carbocycles. The van der Waals surface area contributed by atoms with E-state index in [0.29, 0.717) is 23.4 Å². The third kappa shape index (κ3) is 5.56. The lowest BCUT2D eigenvalue weighted by atomic mass is 9.75. The van der Waals surface area contributed by atoms with Crippen molar-refractivity contribution in [2.45, 2.75) is 18.8 Å². The van der Waals surface area contributed by atoms with E-state index in [0.717, 1.165) is 0 Å². The molecule has 1 aliphatic heterocycles. The second-order valence-corrected chi connectivity index (χ2v) is 5.33. The molecular formula is C16H20BN3O4. The van der Waals surface area contributed by atoms with E-state index in [1.54, 1.807) is 6.08 Å². The van der Waals surface area contributed by atoms with E-state index in [1.807, 2.05) is 18.2 Å². The molecule has 1 aromatic heterocycles. The number of carbonyl (C=O) groups is 1. The smallest absolute Gasteiger partial charge is 0.475 e. The van der Waals surface area contributed by atoms with Crippen molar-refractivity contribution in [2.75, 3.05) is 6.61 Å². The molecule has 2 rings (SSSR count). The van der Waals surface area contributed by atoms with Gasteiger partial charge >= 0.3 is 7.12 Å². The first-order valence-corrected chi connectivity index (χ1v) is 7.52. The number of H-pyrrole nitrogens is 1. The van der Waals surface area contributed by atoms with E-state index in [9.17, 15) is 14.8 Å². The molecule has 7 nitrogen and oxygen atoms in total. The number of hydrogen-bond donors (Lipinski definition) is 4. The summed E-state index contributed by atoms with van der Waals surface area (Å²) in [6, 6.07) is 0. The number of aromatic nitrogens is 2. The quantitative estimate of drug-likeness (QED) is 0.566. The molecule has 1 aliphatic rings. The highest BCUT2D eigenvalue weighted by Crippen LogP contribution is 2.18. The SMILES string of the molecule is C=C1/C=C\C=C/CO/C=C\1C[C@H](NC(=O)Cc1cnc[nH]1)B(O)O. The molecule has 2 heterocycles. The molecular weight excluding hydrogens is 309 g/mol. The fraction of sp³-hybridized carbons (Fsp3) is 0.250. The van der Waals surface area contributed by atoms with Crippen molar-refractivity contribution >= 4 is 13.0 Å². The number of aromatic amines is 1. The van der Waals surface area contributed by atoms with Crippen LogP contribution in [-0.4, -0.2) is 45.6 Å². The molecule has 8 heteroatoms. The van der Waals surface area contributed by atoms with Gasteiger partial charge in [0.2, 0.25) is 5.91 Å². The number of imidazole rings is 1. The molecule has 1 atom stereocenters. The van der Waals surface area contributed by atoms with E-state index in [4.69, 9.17) is 4.74 Å². The van der Waals surface area contributed by atoms with Gasteiger partial charge in [-0.2, -0.15) is 0 Å². The molecule has 0 radical (unpaired) electrons. The number of rotatable bonds is 6. The molecule has 0 saturated heterocycles. The minimum atomic E-state index is -1.71. The van der Waals surface area contributed by atoms with E-state index >= 15 is 0 Å². The van der Waals surface area contributed by atoms with E-state index in [-0.39, 0.29) is 18.7 Å². The predicted molar refractivity (Wildman–Crippen MR) is 90.5 cm³/mol. The third-order valence-electron chi connectivity index (χ3n) is 3.43. The first kappa shape index (κ1) is 17.8. The predicted octanol–water partition coefficient (Wildman–Crippen LogP) is 0.422. The summed E-state index contributed by atoms with van der Waals surface area (Å²) in [5.74, 6) is -1.22. The van der Waals surface area contributed by atoms with Crippen LogP contribution in [0, 0.1) is 0 Å². The van der Waals surface area contributed by atoms with E-state index < -0.39 is 13.1 Å². The summed E-state index contributed by atoms with van der Waals surface area (Å²) in [6.45, 7) is 4.34. The molecule has 0 spiro atoms. The minimum Gasteiger partial charge on any atom is -0.497 e. The Balaban J connectivity index is 2.01. The van der Waals surface area contributed by atoms with Crippen LogP contribution in [0.1, 0.15) is 12.1 Å². The first-order chi connectivity index (χ1) is 11.6. The van der Waals surface area contributed by atoms with Gasteiger partial charge in [-0.3, -0.25) is 4.79 Å². The van der Waals surface area contributed by atoms with Crippen LogP contribution in [0.5, 0.6) is 0 Å². The van der Waals surface area contributed by atoms with Gasteiger partial charge < -0.3 is 25.1 Å². The Hall–Kier alpha value is -2.58. The van der Waals surface area contributed by atoms with Gasteiger partial charge in [-0.05, 0) is 23.6 Å². The van der Waals surface area contributed by atoms with Crippen LogP contribution in [0.3, 0.4) is 0 Å². The fourth-order valence-electron chi connectivity index (χ4n) is 2.15. The number of ether oxygens (including phenoxy) is 1. The topological polar surface area (TPSA) is 107 Å². The zero-order valence-corrected chi connectivity index (χ0v) is 13.2. The minimum absolute atomic E-state index is 0.0730. The molecule has 126 valence electrons. The zero-order valence-electron chi connectivity index (χ0n) is 13.2. The summed E-state index contributed by atoms with van der Waals surface area (Å²) < 4.78 is 5.37. The molecule has 24 heavy (non-hydrogen) atoms. The summed E-state index contributed by atoms with van der Waals surface area (Å²) in [6.07, 6.45) is 12.1. The monoisotopic (exact) mass is 329 g/mol. The van der Waals surface area contributed by atoms with Gasteiger partial charge in [0, 0.05) is 11.9 Å². The maximum atomic E-state index is 12.0. The second kappa shape index (κ2) is 8.90. The van der Waals surface area contributed by atoms with Crippen LogP contribution < -0.4 is 5.32 Å². The van der Waals surface area contributed by atoms with E-state index in [2.05, 4.69) is 21.9 Å². The maximum absolute atomic E-state index is 12.0. The van der Waals surface area contributed by atoms with Crippen molar-refractivity contribution in [3.63, 3.8) is 0 Å². The second-order valence-electron chi connectivity index (χ2n) is 5.33. The summed E-state index contributed by atoms with van der Waals surface area (Å²) in [5, 5.41) is 21.8. The highest BCUT2D eigenvalue weighted by molar-refractivity contribution is 6.43. The summed E-state index contributed by atoms with van der Waals surface area (Å²) in [4.78, 5) is 18.7. The van der Waals surface area contributed by atoms with Gasteiger partial charge in [0.25, 0.3) is 0 Å². The van der Waals surface area contributed by atoms with Crippen LogP contribution in [0.15, 0.2) is 60.8 Å². The molecule has 1 aromatic rings. The van der Waals surface area contributed by atoms with Gasteiger partial charge in [0.1, 0.15) is 6.61 Å². The summed E-state index contributed by atoms with van der Waals surface area (Å²) in [7, 11) is -1.71. The Bertz CT molecular complexity index is 650. The Morgan fingerprint density at radius 3 is 3.04 bits per heavy atom. The lowest BCUT2D eigenvalue weighted by Crippen LogP contribution is -2.47. The lowest BCUT2D eigenvalue weighted by Gasteiger charge is -2.19. The van der Waals surface area contributed by atoms with E-state index in [1.165, 1.54) is 18.8 Å². The average molecular weight is 329 g/mol. The Labute approximate surface area is 140 Å². The molecule has 0 fully saturated rings. The van der Waals surface area contributed by atoms with Crippen molar-refractivity contribution in [1.29, 1.82) is 0 Å². The summed E-state index contributed by atoms with van der Waals surface area (Å²) >= 11 is 0. The largest absolute Gasteiger partial charge is 0.497 e. The Morgan fingerprint density at radius 2 is 2.33 bits per heavy atom. The van der Waals surface area contributed by atoms with Crippen molar-refractivity contribution in [3.05, 3.63) is 66.5 Å². The van der Waals surface area contributed by atoms with Gasteiger partial charge in [-0.1, -0.05) is 24.8 Å². The highest BCUT2D eigenvalue weighted by atomic mass is 16.5. The zero-order chi connectivity index (χ0) is 17.4. The number of hydrogen-bond acceptors (Lipinski definition) is 5. The van der Waals surface area contributed by atoms with Crippen molar-refractivity contribution in [1.82, 2.24) is 15.3 Å². The third-order valence-corrected chi connectivity index (χ3v) is 3.43. The van der Waals surface area contributed by atoms with Crippen LogP contribution in [0.4, 0.5) is 0 Å². The van der Waals surface area contributed by atoms with Gasteiger partial charge in [0.15, 0.2) is 0 Å². The number of allylic oxidation sites excluding steroid dienone is 4. The van der Waals surface area contributed by atoms with Crippen LogP contribution in [-0.2, 0) is 16.0 Å². The van der Waals surface area contributed by atoms with Crippen molar-refractivity contribution < 1.29 is 19.6 Å². The highest BCUT2D eigenvalue weighted by Gasteiger charge is 2.27. The molecule has 0 aliphatic carbocycles. The molecule has 4 N–H and O–H groups in total. The standard InChI is InChI=1S/C16H20BN3O4/c1-12-5-3-2-4-6-24-10-13(12)7-15(17(22)23)20-16(21)8-14-9-18-11-19-14/h2-5,9-11,15,22-23H,1,6-8H2,(H,18,19)(H,20,21)/b4-2-,5-3-,13-10-/t15-/m0/s1. The first-order valence-electron chi connectivity index (χ1n) is 7.52. The van der Waals surface area contributed by atoms with Gasteiger partial charge in [-0.15, -0.1) is 0 Å². The number of nitrogens with one attached hydrogen (secondary N) is 2. The average Bonchev–Trinajstić information content (AvgIpc) is 3.05. The lowest BCUT2D eigenvalue weighted by molar-refractivity contribution is -0.120. The Morgan fingerprint density at radius 1 is 1.50 bits per heavy atom. The number of amides is 1. The van der Waals surface area contributed by atoms with Gasteiger partial charge in [-0.25, -0.2) is 4.98 Å². The van der Waals surface area contributed by atoms with Crippen molar-refractivity contribution in [2.24, 2.45) is 0 Å². The van der Waals surface area contributed by atoms with Crippen LogP contribution >= 0.6 is 0 Å². The number of carbonyl (C=O) groups excluding carboxylic acids is 1. The summed E-state index contributed by atoms with van der Waals surface area (Å²) in [5.41, 5.74) is 1.99. The number of nitrogens with zero attached hydrogens (tertiary/aromatic N) is 1. The van der Waals surface area contributed by atoms with Crippen LogP contribution in [0.2, 0.25) is 0 Å². The van der Waals surface area contributed by atoms with Crippen molar-refractivity contribution in [3.8, 4) is 0 Å². The normalized spacial score (nSPS) is 20.4. The fourth-order valence-corrected chi connectivity index (χ4v) is 2.15. The molecule has 0 saturated carbocycles. The molecule has 0 unspecified atom stereocenters. The van der Waals surface area contributed by atoms with Gasteiger partial charge in [0.05, 0.1) is 25.0 Å². The Kier molecular flexibility index (Phi) is 6.59. The maximum Gasteiger partial charge on any atom is 0.475 e.